The van der Waals surface area contributed by atoms with Gasteiger partial charge in [0.25, 0.3) is 0 Å². The van der Waals surface area contributed by atoms with Crippen LogP contribution < -0.4 is 14.5 Å². The van der Waals surface area contributed by atoms with E-state index in [-0.39, 0.29) is 11.8 Å². The normalized spacial score (nSPS) is 18.0. The van der Waals surface area contributed by atoms with Crippen molar-refractivity contribution in [2.45, 2.75) is 45.6 Å². The molecular weight excluding hydrogens is 429 g/mol. The molecule has 0 aliphatic carbocycles. The molecule has 4 rings (SSSR count). The first-order valence-corrected chi connectivity index (χ1v) is 10.6. The maximum atomic E-state index is 13.8. The van der Waals surface area contributed by atoms with Crippen molar-refractivity contribution in [1.29, 1.82) is 0 Å². The Morgan fingerprint density at radius 3 is 1.94 bits per heavy atom. The summed E-state index contributed by atoms with van der Waals surface area (Å²) in [4.78, 5) is 17.2. The Morgan fingerprint density at radius 2 is 1.39 bits per heavy atom. The van der Waals surface area contributed by atoms with Gasteiger partial charge < -0.3 is 4.74 Å². The molecule has 4 nitrogen and oxygen atoms in total. The van der Waals surface area contributed by atoms with Gasteiger partial charge in [-0.3, -0.25) is 9.80 Å². The highest BCUT2D eigenvalue weighted by molar-refractivity contribution is 6.08. The van der Waals surface area contributed by atoms with E-state index in [0.717, 1.165) is 16.8 Å². The lowest BCUT2D eigenvalue weighted by Gasteiger charge is -2.35. The molecule has 0 radical (unpaired) electrons. The molecule has 7 heteroatoms. The van der Waals surface area contributed by atoms with E-state index >= 15 is 0 Å². The Kier molecular flexibility index (Phi) is 5.60. The highest BCUT2D eigenvalue weighted by Gasteiger charge is 2.53. The Bertz CT molecular complexity index is 1160. The fourth-order valence-corrected chi connectivity index (χ4v) is 4.44. The van der Waals surface area contributed by atoms with E-state index in [9.17, 15) is 18.0 Å². The number of alkyl halides is 3. The average molecular weight is 454 g/mol. The van der Waals surface area contributed by atoms with Crippen molar-refractivity contribution in [1.82, 2.24) is 0 Å². The highest BCUT2D eigenvalue weighted by atomic mass is 19.4. The van der Waals surface area contributed by atoms with Crippen LogP contribution in [0.3, 0.4) is 0 Å². The van der Waals surface area contributed by atoms with Crippen LogP contribution in [0, 0.1) is 13.8 Å². The fraction of sp³-hybridized carbons (Fsp3) is 0.269. The lowest BCUT2D eigenvalue weighted by atomic mass is 9.87. The van der Waals surface area contributed by atoms with Gasteiger partial charge in [-0.05, 0) is 69.7 Å². The molecule has 0 bridgehead atoms. The third-order valence-electron chi connectivity index (χ3n) is 5.91. The number of nitrogens with zero attached hydrogens (tertiary/aromatic N) is 2. The van der Waals surface area contributed by atoms with Crippen LogP contribution in [-0.2, 0) is 0 Å². The molecule has 3 aromatic rings. The molecule has 0 spiro atoms. The van der Waals surface area contributed by atoms with Crippen molar-refractivity contribution in [3.05, 3.63) is 89.5 Å². The van der Waals surface area contributed by atoms with Gasteiger partial charge in [0.1, 0.15) is 5.75 Å². The molecule has 1 aliphatic heterocycles. The van der Waals surface area contributed by atoms with Crippen molar-refractivity contribution in [3.8, 4) is 5.75 Å². The number of amides is 2. The SMILES string of the molecule is Cc1ccc(N2C(=O)N(c3ccc(C)cc3)C(C)(C)[C@@H]2c2cccc(OC(F)(F)F)c2)cc1. The maximum absolute atomic E-state index is 13.8. The molecular formula is C26H25F3N2O2. The topological polar surface area (TPSA) is 32.8 Å². The monoisotopic (exact) mass is 454 g/mol. The molecule has 172 valence electrons. The third kappa shape index (κ3) is 4.40. The van der Waals surface area contributed by atoms with Gasteiger partial charge in [0, 0.05) is 11.4 Å². The Labute approximate surface area is 191 Å². The molecule has 33 heavy (non-hydrogen) atoms. The number of hydrogen-bond acceptors (Lipinski definition) is 2. The zero-order valence-corrected chi connectivity index (χ0v) is 18.9. The zero-order chi connectivity index (χ0) is 24.0. The van der Waals surface area contributed by atoms with E-state index in [1.807, 2.05) is 76.2 Å². The van der Waals surface area contributed by atoms with Gasteiger partial charge in [0.15, 0.2) is 0 Å². The van der Waals surface area contributed by atoms with E-state index < -0.39 is 17.9 Å². The van der Waals surface area contributed by atoms with Crippen LogP contribution in [-0.4, -0.2) is 17.9 Å². The second-order valence-electron chi connectivity index (χ2n) is 8.84. The lowest BCUT2D eigenvalue weighted by molar-refractivity contribution is -0.274. The number of urea groups is 1. The summed E-state index contributed by atoms with van der Waals surface area (Å²) in [5.74, 6) is -0.319. The van der Waals surface area contributed by atoms with Gasteiger partial charge in [-0.1, -0.05) is 47.5 Å². The van der Waals surface area contributed by atoms with Crippen LogP contribution in [0.2, 0.25) is 0 Å². The summed E-state index contributed by atoms with van der Waals surface area (Å²) in [6.07, 6.45) is -4.80. The van der Waals surface area contributed by atoms with E-state index in [1.165, 1.54) is 18.2 Å². The number of halogens is 3. The van der Waals surface area contributed by atoms with Crippen molar-refractivity contribution >= 4 is 17.4 Å². The molecule has 0 unspecified atom stereocenters. The van der Waals surface area contributed by atoms with Crippen molar-refractivity contribution in [3.63, 3.8) is 0 Å². The van der Waals surface area contributed by atoms with Gasteiger partial charge in [-0.15, -0.1) is 13.2 Å². The van der Waals surface area contributed by atoms with Crippen LogP contribution in [0.5, 0.6) is 5.75 Å². The summed E-state index contributed by atoms with van der Waals surface area (Å²) in [7, 11) is 0. The first-order chi connectivity index (χ1) is 15.5. The molecule has 1 atom stereocenters. The summed E-state index contributed by atoms with van der Waals surface area (Å²) in [5.41, 5.74) is 3.25. The number of aryl methyl sites for hydroxylation is 2. The van der Waals surface area contributed by atoms with Gasteiger partial charge in [0.2, 0.25) is 0 Å². The minimum atomic E-state index is -4.80. The Morgan fingerprint density at radius 1 is 0.848 bits per heavy atom. The van der Waals surface area contributed by atoms with Gasteiger partial charge in [-0.2, -0.15) is 0 Å². The fourth-order valence-electron chi connectivity index (χ4n) is 4.44. The van der Waals surface area contributed by atoms with Crippen molar-refractivity contribution < 1.29 is 22.7 Å². The molecule has 1 fully saturated rings. The van der Waals surface area contributed by atoms with Crippen LogP contribution >= 0.6 is 0 Å². The van der Waals surface area contributed by atoms with E-state index in [2.05, 4.69) is 4.74 Å². The molecule has 0 aromatic heterocycles. The quantitative estimate of drug-likeness (QED) is 0.419. The van der Waals surface area contributed by atoms with E-state index in [1.54, 1.807) is 15.9 Å². The van der Waals surface area contributed by atoms with E-state index in [4.69, 9.17) is 0 Å². The van der Waals surface area contributed by atoms with Crippen molar-refractivity contribution in [2.75, 3.05) is 9.80 Å². The Balaban J connectivity index is 1.86. The van der Waals surface area contributed by atoms with Crippen LogP contribution in [0.25, 0.3) is 0 Å². The lowest BCUT2D eigenvalue weighted by Crippen LogP contribution is -2.43. The van der Waals surface area contributed by atoms with Crippen LogP contribution in [0.1, 0.15) is 36.6 Å². The zero-order valence-electron chi connectivity index (χ0n) is 18.9. The number of carbonyl (C=O) groups is 1. The summed E-state index contributed by atoms with van der Waals surface area (Å²) in [6.45, 7) is 7.75. The molecule has 0 N–H and O–H groups in total. The number of carbonyl (C=O) groups excluding carboxylic acids is 1. The smallest absolute Gasteiger partial charge is 0.406 e. The molecule has 3 aromatic carbocycles. The minimum Gasteiger partial charge on any atom is -0.406 e. The Hall–Kier alpha value is -3.48. The molecule has 1 heterocycles. The number of ether oxygens (including phenoxy) is 1. The van der Waals surface area contributed by atoms with E-state index in [0.29, 0.717) is 11.3 Å². The van der Waals surface area contributed by atoms with Crippen LogP contribution in [0.15, 0.2) is 72.8 Å². The van der Waals surface area contributed by atoms with Gasteiger partial charge >= 0.3 is 12.4 Å². The predicted molar refractivity (Wildman–Crippen MR) is 123 cm³/mol. The summed E-state index contributed by atoms with van der Waals surface area (Å²) < 4.78 is 42.8. The molecule has 0 saturated carbocycles. The average Bonchev–Trinajstić information content (AvgIpc) is 2.93. The first-order valence-electron chi connectivity index (χ1n) is 10.6. The van der Waals surface area contributed by atoms with Crippen molar-refractivity contribution in [2.24, 2.45) is 0 Å². The van der Waals surface area contributed by atoms with Crippen LogP contribution in [0.4, 0.5) is 29.3 Å². The second kappa shape index (κ2) is 8.14. The number of hydrogen-bond donors (Lipinski definition) is 0. The standard InChI is InChI=1S/C26H25F3N2O2/c1-17-8-12-20(13-9-17)30-23(19-6-5-7-22(16-19)33-26(27,28)29)25(3,4)31(24(30)32)21-14-10-18(2)11-15-21/h5-16,23H,1-4H3/t23-/m0/s1. The molecule has 2 amide bonds. The van der Waals surface area contributed by atoms with Gasteiger partial charge in [0.05, 0.1) is 11.6 Å². The number of benzene rings is 3. The summed E-state index contributed by atoms with van der Waals surface area (Å²) in [5, 5.41) is 0. The molecule has 1 saturated heterocycles. The highest BCUT2D eigenvalue weighted by Crippen LogP contribution is 2.48. The molecule has 1 aliphatic rings. The maximum Gasteiger partial charge on any atom is 0.573 e. The minimum absolute atomic E-state index is 0.250. The van der Waals surface area contributed by atoms with Gasteiger partial charge in [-0.25, -0.2) is 4.79 Å². The number of anilines is 2. The largest absolute Gasteiger partial charge is 0.573 e. The summed E-state index contributed by atoms with van der Waals surface area (Å²) >= 11 is 0. The predicted octanol–water partition coefficient (Wildman–Crippen LogP) is 7.17. The second-order valence-corrected chi connectivity index (χ2v) is 8.84. The summed E-state index contributed by atoms with van der Waals surface area (Å²) in [6, 6.07) is 20.2. The third-order valence-corrected chi connectivity index (χ3v) is 5.91. The first kappa shape index (κ1) is 22.7. The number of rotatable bonds is 4.